The summed E-state index contributed by atoms with van der Waals surface area (Å²) in [6.45, 7) is -1.76. The van der Waals surface area contributed by atoms with Crippen LogP contribution in [0.1, 0.15) is 28.0 Å². The zero-order chi connectivity index (χ0) is 21.5. The van der Waals surface area contributed by atoms with Crippen LogP contribution in [0.5, 0.6) is 0 Å². The van der Waals surface area contributed by atoms with E-state index in [-0.39, 0.29) is 39.3 Å². The number of anilines is 1. The van der Waals surface area contributed by atoms with Gasteiger partial charge in [-0.2, -0.15) is 0 Å². The Morgan fingerprint density at radius 3 is 2.90 bits per heavy atom. The topological polar surface area (TPSA) is 102 Å². The maximum Gasteiger partial charge on any atom is 0.303 e. The zero-order valence-corrected chi connectivity index (χ0v) is 17.0. The van der Waals surface area contributed by atoms with Crippen molar-refractivity contribution in [2.45, 2.75) is 24.7 Å². The normalized spacial score (nSPS) is 24.9. The molecule has 158 valence electrons. The van der Waals surface area contributed by atoms with E-state index in [1.807, 2.05) is 0 Å². The first-order chi connectivity index (χ1) is 14.4. The Morgan fingerprint density at radius 2 is 2.17 bits per heavy atom. The SMILES string of the molecule is NC1=N[C@](CF)(c2cc(NC(=O)c3ncc(Cl)cc3CF)ccc2Cl)[C@H]2C[C@H]2NO1. The van der Waals surface area contributed by atoms with Crippen LogP contribution in [0, 0.1) is 5.92 Å². The van der Waals surface area contributed by atoms with Gasteiger partial charge >= 0.3 is 6.02 Å². The highest BCUT2D eigenvalue weighted by molar-refractivity contribution is 6.31. The van der Waals surface area contributed by atoms with E-state index in [2.05, 4.69) is 20.8 Å². The number of nitrogens with zero attached hydrogens (tertiary/aromatic N) is 2. The molecule has 2 aromatic rings. The van der Waals surface area contributed by atoms with E-state index in [0.717, 1.165) is 0 Å². The lowest BCUT2D eigenvalue weighted by molar-refractivity contribution is 0.102. The average Bonchev–Trinajstić information content (AvgIpc) is 3.52. The number of nitrogens with one attached hydrogen (secondary N) is 2. The summed E-state index contributed by atoms with van der Waals surface area (Å²) < 4.78 is 27.6. The number of hydroxylamine groups is 1. The highest BCUT2D eigenvalue weighted by atomic mass is 35.5. The second-order valence-electron chi connectivity index (χ2n) is 7.12. The van der Waals surface area contributed by atoms with E-state index in [9.17, 15) is 13.6 Å². The summed E-state index contributed by atoms with van der Waals surface area (Å²) in [4.78, 5) is 25.9. The number of aromatic nitrogens is 1. The number of hydrogen-bond donors (Lipinski definition) is 3. The van der Waals surface area contributed by atoms with Gasteiger partial charge in [0.1, 0.15) is 24.6 Å². The van der Waals surface area contributed by atoms with Gasteiger partial charge in [-0.3, -0.25) is 4.79 Å². The summed E-state index contributed by atoms with van der Waals surface area (Å²) in [7, 11) is 0. The van der Waals surface area contributed by atoms with E-state index in [4.69, 9.17) is 33.8 Å². The summed E-state index contributed by atoms with van der Waals surface area (Å²) in [5, 5.41) is 3.12. The molecule has 0 radical (unpaired) electrons. The van der Waals surface area contributed by atoms with Gasteiger partial charge in [-0.15, -0.1) is 5.48 Å². The van der Waals surface area contributed by atoms with Crippen LogP contribution in [0.2, 0.25) is 10.0 Å². The van der Waals surface area contributed by atoms with Crippen molar-refractivity contribution in [3.8, 4) is 0 Å². The summed E-state index contributed by atoms with van der Waals surface area (Å²) >= 11 is 12.2. The maximum absolute atomic E-state index is 14.4. The molecule has 0 bridgehead atoms. The Morgan fingerprint density at radius 1 is 1.37 bits per heavy atom. The molecule has 1 fully saturated rings. The van der Waals surface area contributed by atoms with Crippen LogP contribution in [0.3, 0.4) is 0 Å². The molecule has 3 atom stereocenters. The molecular formula is C19H17Cl2F2N5O2. The number of carbonyl (C=O) groups excluding carboxylic acids is 1. The molecule has 4 N–H and O–H groups in total. The lowest BCUT2D eigenvalue weighted by Gasteiger charge is -2.28. The van der Waals surface area contributed by atoms with Gasteiger partial charge in [0.15, 0.2) is 0 Å². The standard InChI is InChI=1S/C19H17Cl2F2N5O2/c20-10-3-9(6-22)16(25-7-10)17(29)26-11-1-2-14(21)12(4-11)19(8-23)13-5-15(13)28-30-18(24)27-19/h1-4,7,13,15,28H,5-6,8H2,(H2,24,27)(H,26,29)/t13-,15+,19+/m0/s1. The molecule has 1 aliphatic heterocycles. The molecule has 7 nitrogen and oxygen atoms in total. The molecule has 0 spiro atoms. The van der Waals surface area contributed by atoms with Crippen LogP contribution in [0.4, 0.5) is 14.5 Å². The maximum atomic E-state index is 14.4. The number of benzene rings is 1. The molecule has 4 rings (SSSR count). The van der Waals surface area contributed by atoms with E-state index in [0.29, 0.717) is 17.7 Å². The number of amidine groups is 1. The number of hydrogen-bond acceptors (Lipinski definition) is 6. The number of nitrogens with two attached hydrogens (primary N) is 1. The molecule has 1 saturated carbocycles. The average molecular weight is 456 g/mol. The van der Waals surface area contributed by atoms with E-state index >= 15 is 0 Å². The van der Waals surface area contributed by atoms with Gasteiger partial charge in [-0.1, -0.05) is 23.2 Å². The fourth-order valence-electron chi connectivity index (χ4n) is 3.66. The monoisotopic (exact) mass is 455 g/mol. The van der Waals surface area contributed by atoms with Gasteiger partial charge in [0.2, 0.25) is 0 Å². The number of carbonyl (C=O) groups is 1. The van der Waals surface area contributed by atoms with Crippen LogP contribution >= 0.6 is 23.2 Å². The number of alkyl halides is 2. The van der Waals surface area contributed by atoms with Crippen molar-refractivity contribution in [3.05, 3.63) is 57.3 Å². The Labute approximate surface area is 180 Å². The molecule has 0 unspecified atom stereocenters. The van der Waals surface area contributed by atoms with Crippen LogP contribution in [-0.2, 0) is 17.1 Å². The summed E-state index contributed by atoms with van der Waals surface area (Å²) in [5.74, 6) is -0.858. The second-order valence-corrected chi connectivity index (χ2v) is 7.96. The van der Waals surface area contributed by atoms with Crippen LogP contribution < -0.4 is 16.5 Å². The summed E-state index contributed by atoms with van der Waals surface area (Å²) in [5.41, 5.74) is 7.75. The Balaban J connectivity index is 1.69. The highest BCUT2D eigenvalue weighted by Crippen LogP contribution is 2.52. The van der Waals surface area contributed by atoms with Crippen molar-refractivity contribution in [2.75, 3.05) is 12.0 Å². The molecule has 11 heteroatoms. The first-order valence-electron chi connectivity index (χ1n) is 9.03. The number of fused-ring (bicyclic) bond motifs is 1. The first-order valence-corrected chi connectivity index (χ1v) is 9.79. The molecular weight excluding hydrogens is 439 g/mol. The molecule has 1 aromatic carbocycles. The van der Waals surface area contributed by atoms with Crippen molar-refractivity contribution < 1.29 is 18.4 Å². The van der Waals surface area contributed by atoms with Gasteiger partial charge in [0.25, 0.3) is 5.91 Å². The van der Waals surface area contributed by atoms with Crippen LogP contribution in [0.25, 0.3) is 0 Å². The zero-order valence-electron chi connectivity index (χ0n) is 15.5. The number of rotatable bonds is 5. The molecule has 1 aromatic heterocycles. The van der Waals surface area contributed by atoms with Gasteiger partial charge in [0, 0.05) is 40.0 Å². The largest absolute Gasteiger partial charge is 0.371 e. The fourth-order valence-corrected chi connectivity index (χ4v) is 4.13. The molecule has 1 aliphatic carbocycles. The van der Waals surface area contributed by atoms with E-state index in [1.165, 1.54) is 24.4 Å². The van der Waals surface area contributed by atoms with Gasteiger partial charge < -0.3 is 15.9 Å². The molecule has 1 amide bonds. The van der Waals surface area contributed by atoms with Crippen LogP contribution in [0.15, 0.2) is 35.5 Å². The summed E-state index contributed by atoms with van der Waals surface area (Å²) in [6, 6.07) is 5.61. The van der Waals surface area contributed by atoms with Gasteiger partial charge in [-0.05, 0) is 30.7 Å². The Kier molecular flexibility index (Phi) is 5.52. The Bertz CT molecular complexity index is 1040. The minimum atomic E-state index is -1.35. The predicted octanol–water partition coefficient (Wildman–Crippen LogP) is 3.51. The number of aliphatic imine (C=N–C) groups is 1. The van der Waals surface area contributed by atoms with Crippen molar-refractivity contribution >= 4 is 40.8 Å². The second kappa shape index (κ2) is 7.98. The van der Waals surface area contributed by atoms with Crippen molar-refractivity contribution in [3.63, 3.8) is 0 Å². The van der Waals surface area contributed by atoms with E-state index < -0.39 is 24.8 Å². The third-order valence-electron chi connectivity index (χ3n) is 5.22. The first kappa shape index (κ1) is 20.8. The van der Waals surface area contributed by atoms with Crippen molar-refractivity contribution in [2.24, 2.45) is 16.6 Å². The molecule has 30 heavy (non-hydrogen) atoms. The van der Waals surface area contributed by atoms with Crippen LogP contribution in [-0.4, -0.2) is 29.6 Å². The molecule has 2 heterocycles. The summed E-state index contributed by atoms with van der Waals surface area (Å²) in [6.07, 6.45) is 1.88. The minimum absolute atomic E-state index is 0.0552. The van der Waals surface area contributed by atoms with Gasteiger partial charge in [0.05, 0.1) is 5.02 Å². The lowest BCUT2D eigenvalue weighted by Crippen LogP contribution is -2.33. The van der Waals surface area contributed by atoms with Crippen molar-refractivity contribution in [1.82, 2.24) is 10.5 Å². The lowest BCUT2D eigenvalue weighted by atomic mass is 9.86. The van der Waals surface area contributed by atoms with Crippen molar-refractivity contribution in [1.29, 1.82) is 0 Å². The third kappa shape index (κ3) is 3.68. The third-order valence-corrected chi connectivity index (χ3v) is 5.75. The predicted molar refractivity (Wildman–Crippen MR) is 109 cm³/mol. The van der Waals surface area contributed by atoms with Gasteiger partial charge in [-0.25, -0.2) is 18.8 Å². The highest BCUT2D eigenvalue weighted by Gasteiger charge is 2.57. The molecule has 0 saturated heterocycles. The fraction of sp³-hybridized carbons (Fsp3) is 0.316. The number of pyridine rings is 1. The Hall–Kier alpha value is -2.49. The molecule has 2 aliphatic rings. The smallest absolute Gasteiger partial charge is 0.303 e. The number of amides is 1. The minimum Gasteiger partial charge on any atom is -0.371 e. The quantitative estimate of drug-likeness (QED) is 0.640. The van der Waals surface area contributed by atoms with E-state index in [1.54, 1.807) is 6.07 Å². The number of halogens is 4.